The van der Waals surface area contributed by atoms with E-state index in [2.05, 4.69) is 37.4 Å². The van der Waals surface area contributed by atoms with E-state index in [9.17, 15) is 4.79 Å². The van der Waals surface area contributed by atoms with Crippen molar-refractivity contribution >= 4 is 23.0 Å². The highest BCUT2D eigenvalue weighted by molar-refractivity contribution is 7.14. The average molecular weight is 321 g/mol. The fourth-order valence-electron chi connectivity index (χ4n) is 2.81. The van der Waals surface area contributed by atoms with Crippen LogP contribution in [0.4, 0.5) is 0 Å². The van der Waals surface area contributed by atoms with Crippen LogP contribution < -0.4 is 5.43 Å². The number of fused-ring (bicyclic) bond motifs is 1. The Morgan fingerprint density at radius 1 is 1.50 bits per heavy atom. The summed E-state index contributed by atoms with van der Waals surface area (Å²) >= 11 is 1.64. The predicted octanol–water partition coefficient (Wildman–Crippen LogP) is 4.80. The molecule has 1 unspecified atom stereocenters. The zero-order valence-corrected chi connectivity index (χ0v) is 15.1. The Kier molecular flexibility index (Phi) is 6.18. The molecular formula is C18H28N2OS. The molecule has 0 saturated heterocycles. The highest BCUT2D eigenvalue weighted by Crippen LogP contribution is 2.33. The summed E-state index contributed by atoms with van der Waals surface area (Å²) in [6.45, 7) is 8.63. The van der Waals surface area contributed by atoms with Gasteiger partial charge >= 0.3 is 0 Å². The minimum atomic E-state index is -0.0589. The molecule has 1 N–H and O–H groups in total. The number of aryl methyl sites for hydroxylation is 1. The molecule has 1 heterocycles. The topological polar surface area (TPSA) is 41.5 Å². The predicted molar refractivity (Wildman–Crippen MR) is 94.8 cm³/mol. The van der Waals surface area contributed by atoms with Gasteiger partial charge in [0.1, 0.15) is 0 Å². The van der Waals surface area contributed by atoms with Gasteiger partial charge in [-0.1, -0.05) is 27.2 Å². The summed E-state index contributed by atoms with van der Waals surface area (Å²) in [6.07, 6.45) is 6.80. The standard InChI is InChI=1S/C18H28N2OS/c1-5-14-8-9-16-15(10-14)11-17(22-16)18(21)20-19-13(4)7-6-12(2)3/h11-12,14H,5-10H2,1-4H3,(H,20,21)/b19-13+. The van der Waals surface area contributed by atoms with E-state index in [1.165, 1.54) is 23.3 Å². The first-order valence-corrected chi connectivity index (χ1v) is 9.26. The van der Waals surface area contributed by atoms with Gasteiger partial charge in [0.05, 0.1) is 4.88 Å². The normalized spacial score (nSPS) is 18.4. The van der Waals surface area contributed by atoms with Crippen LogP contribution in [0.2, 0.25) is 0 Å². The maximum absolute atomic E-state index is 12.2. The first-order valence-electron chi connectivity index (χ1n) is 8.44. The number of thiophene rings is 1. The van der Waals surface area contributed by atoms with E-state index in [1.54, 1.807) is 11.3 Å². The number of nitrogens with zero attached hydrogens (tertiary/aromatic N) is 1. The number of hydrazone groups is 1. The lowest BCUT2D eigenvalue weighted by molar-refractivity contribution is 0.0958. The highest BCUT2D eigenvalue weighted by Gasteiger charge is 2.21. The highest BCUT2D eigenvalue weighted by atomic mass is 32.1. The van der Waals surface area contributed by atoms with Crippen LogP contribution in [-0.2, 0) is 12.8 Å². The molecule has 0 fully saturated rings. The van der Waals surface area contributed by atoms with Crippen LogP contribution in [0.1, 0.15) is 73.5 Å². The van der Waals surface area contributed by atoms with Crippen molar-refractivity contribution in [2.24, 2.45) is 16.9 Å². The Hall–Kier alpha value is -1.16. The summed E-state index contributed by atoms with van der Waals surface area (Å²) in [5.74, 6) is 1.39. The third-order valence-electron chi connectivity index (χ3n) is 4.42. The monoisotopic (exact) mass is 320 g/mol. The summed E-state index contributed by atoms with van der Waals surface area (Å²) in [6, 6.07) is 2.08. The van der Waals surface area contributed by atoms with Crippen LogP contribution >= 0.6 is 11.3 Å². The smallest absolute Gasteiger partial charge is 0.266 e. The van der Waals surface area contributed by atoms with Gasteiger partial charge in [0.2, 0.25) is 0 Å². The molecule has 4 heteroatoms. The number of rotatable bonds is 6. The Morgan fingerprint density at radius 3 is 2.95 bits per heavy atom. The SMILES string of the molecule is CCC1CCc2sc(C(=O)N/N=C(\C)CCC(C)C)cc2C1. The summed E-state index contributed by atoms with van der Waals surface area (Å²) in [4.78, 5) is 14.5. The molecule has 0 bridgehead atoms. The Morgan fingerprint density at radius 2 is 2.27 bits per heavy atom. The largest absolute Gasteiger partial charge is 0.281 e. The molecule has 3 nitrogen and oxygen atoms in total. The maximum Gasteiger partial charge on any atom is 0.281 e. The number of nitrogens with one attached hydrogen (secondary N) is 1. The van der Waals surface area contributed by atoms with Gasteiger partial charge in [-0.15, -0.1) is 11.3 Å². The van der Waals surface area contributed by atoms with Crippen LogP contribution in [0.5, 0.6) is 0 Å². The first kappa shape index (κ1) is 17.2. The number of hydrogen-bond donors (Lipinski definition) is 1. The van der Waals surface area contributed by atoms with Gasteiger partial charge in [-0.2, -0.15) is 5.10 Å². The minimum absolute atomic E-state index is 0.0589. The Bertz CT molecular complexity index is 545. The molecule has 1 amide bonds. The van der Waals surface area contributed by atoms with Crippen molar-refractivity contribution in [2.45, 2.75) is 66.2 Å². The van der Waals surface area contributed by atoms with Gasteiger partial charge in [-0.3, -0.25) is 4.79 Å². The van der Waals surface area contributed by atoms with Crippen LogP contribution in [0.25, 0.3) is 0 Å². The van der Waals surface area contributed by atoms with Gasteiger partial charge in [-0.05, 0) is 62.5 Å². The molecule has 1 aromatic heterocycles. The molecule has 0 saturated carbocycles. The van der Waals surface area contributed by atoms with E-state index in [0.29, 0.717) is 5.92 Å². The van der Waals surface area contributed by atoms with E-state index < -0.39 is 0 Å². The molecule has 0 aromatic carbocycles. The average Bonchev–Trinajstić information content (AvgIpc) is 2.93. The molecule has 1 atom stereocenters. The molecule has 122 valence electrons. The molecule has 0 radical (unpaired) electrons. The zero-order chi connectivity index (χ0) is 16.1. The third-order valence-corrected chi connectivity index (χ3v) is 5.65. The molecular weight excluding hydrogens is 292 g/mol. The van der Waals surface area contributed by atoms with Crippen molar-refractivity contribution < 1.29 is 4.79 Å². The molecule has 1 aromatic rings. The van der Waals surface area contributed by atoms with E-state index in [0.717, 1.165) is 42.2 Å². The van der Waals surface area contributed by atoms with Gasteiger partial charge in [0.25, 0.3) is 5.91 Å². The van der Waals surface area contributed by atoms with E-state index in [-0.39, 0.29) is 5.91 Å². The minimum Gasteiger partial charge on any atom is -0.266 e. The van der Waals surface area contributed by atoms with Crippen LogP contribution in [0.3, 0.4) is 0 Å². The van der Waals surface area contributed by atoms with Gasteiger partial charge in [-0.25, -0.2) is 5.43 Å². The summed E-state index contributed by atoms with van der Waals surface area (Å²) in [7, 11) is 0. The number of hydrogen-bond acceptors (Lipinski definition) is 3. The Labute approximate surface area is 138 Å². The first-order chi connectivity index (χ1) is 10.5. The number of carbonyl (C=O) groups is 1. The maximum atomic E-state index is 12.2. The summed E-state index contributed by atoms with van der Waals surface area (Å²) < 4.78 is 0. The molecule has 0 spiro atoms. The fourth-order valence-corrected chi connectivity index (χ4v) is 3.91. The molecule has 1 aliphatic rings. The van der Waals surface area contributed by atoms with E-state index in [4.69, 9.17) is 0 Å². The van der Waals surface area contributed by atoms with Crippen molar-refractivity contribution in [1.29, 1.82) is 0 Å². The molecule has 0 aliphatic heterocycles. The van der Waals surface area contributed by atoms with Crippen molar-refractivity contribution in [3.63, 3.8) is 0 Å². The molecule has 22 heavy (non-hydrogen) atoms. The molecule has 2 rings (SSSR count). The summed E-state index contributed by atoms with van der Waals surface area (Å²) in [5, 5.41) is 4.23. The summed E-state index contributed by atoms with van der Waals surface area (Å²) in [5.41, 5.74) is 5.09. The third kappa shape index (κ3) is 4.67. The lowest BCUT2D eigenvalue weighted by Crippen LogP contribution is -2.18. The van der Waals surface area contributed by atoms with E-state index in [1.807, 2.05) is 6.92 Å². The van der Waals surface area contributed by atoms with Crippen LogP contribution in [0.15, 0.2) is 11.2 Å². The van der Waals surface area contributed by atoms with Gasteiger partial charge in [0.15, 0.2) is 0 Å². The van der Waals surface area contributed by atoms with E-state index >= 15 is 0 Å². The van der Waals surface area contributed by atoms with Crippen LogP contribution in [0, 0.1) is 11.8 Å². The van der Waals surface area contributed by atoms with Crippen molar-refractivity contribution in [1.82, 2.24) is 5.43 Å². The van der Waals surface area contributed by atoms with Crippen LogP contribution in [-0.4, -0.2) is 11.6 Å². The lowest BCUT2D eigenvalue weighted by Gasteiger charge is -2.19. The Balaban J connectivity index is 1.93. The fraction of sp³-hybridized carbons (Fsp3) is 0.667. The van der Waals surface area contributed by atoms with Crippen molar-refractivity contribution in [3.8, 4) is 0 Å². The number of carbonyl (C=O) groups excluding carboxylic acids is 1. The number of amides is 1. The second kappa shape index (κ2) is 7.91. The lowest BCUT2D eigenvalue weighted by atomic mass is 9.87. The van der Waals surface area contributed by atoms with Crippen molar-refractivity contribution in [2.75, 3.05) is 0 Å². The van der Waals surface area contributed by atoms with Gasteiger partial charge in [0, 0.05) is 10.6 Å². The quantitative estimate of drug-likeness (QED) is 0.593. The van der Waals surface area contributed by atoms with Crippen molar-refractivity contribution in [3.05, 3.63) is 21.4 Å². The zero-order valence-electron chi connectivity index (χ0n) is 14.2. The second-order valence-corrected chi connectivity index (χ2v) is 7.93. The van der Waals surface area contributed by atoms with Gasteiger partial charge < -0.3 is 0 Å². The second-order valence-electron chi connectivity index (χ2n) is 6.80. The molecule has 1 aliphatic carbocycles.